The van der Waals surface area contributed by atoms with Gasteiger partial charge in [0, 0.05) is 5.92 Å². The maximum absolute atomic E-state index is 13.7. The molecule has 0 aliphatic heterocycles. The monoisotopic (exact) mass is 238 g/mol. The Morgan fingerprint density at radius 3 is 2.82 bits per heavy atom. The summed E-state index contributed by atoms with van der Waals surface area (Å²) in [7, 11) is 1.51. The van der Waals surface area contributed by atoms with Crippen LogP contribution in [0, 0.1) is 11.2 Å². The summed E-state index contributed by atoms with van der Waals surface area (Å²) in [6, 6.07) is 4.46. The molecule has 1 aromatic rings. The van der Waals surface area contributed by atoms with Crippen molar-refractivity contribution in [1.82, 2.24) is 0 Å². The van der Waals surface area contributed by atoms with Gasteiger partial charge in [0.2, 0.25) is 0 Å². The lowest BCUT2D eigenvalue weighted by Gasteiger charge is -2.11. The van der Waals surface area contributed by atoms with Gasteiger partial charge in [-0.15, -0.1) is 0 Å². The highest BCUT2D eigenvalue weighted by Gasteiger charge is 2.60. The van der Waals surface area contributed by atoms with Crippen molar-refractivity contribution in [3.05, 3.63) is 29.6 Å². The Morgan fingerprint density at radius 2 is 2.35 bits per heavy atom. The van der Waals surface area contributed by atoms with E-state index >= 15 is 0 Å². The Hall–Kier alpha value is -1.58. The van der Waals surface area contributed by atoms with Gasteiger partial charge in [0.25, 0.3) is 0 Å². The van der Waals surface area contributed by atoms with Crippen molar-refractivity contribution in [3.8, 4) is 5.75 Å². The van der Waals surface area contributed by atoms with Crippen LogP contribution in [0.5, 0.6) is 5.75 Å². The highest BCUT2D eigenvalue weighted by atomic mass is 19.1. The predicted molar refractivity (Wildman–Crippen MR) is 60.7 cm³/mol. The van der Waals surface area contributed by atoms with Crippen LogP contribution in [0.1, 0.15) is 31.2 Å². The Morgan fingerprint density at radius 1 is 1.65 bits per heavy atom. The number of ether oxygens (including phenoxy) is 1. The van der Waals surface area contributed by atoms with Crippen molar-refractivity contribution < 1.29 is 19.0 Å². The van der Waals surface area contributed by atoms with Crippen molar-refractivity contribution in [2.75, 3.05) is 7.11 Å². The molecule has 1 aliphatic carbocycles. The van der Waals surface area contributed by atoms with Crippen LogP contribution >= 0.6 is 0 Å². The lowest BCUT2D eigenvalue weighted by atomic mass is 9.96. The van der Waals surface area contributed by atoms with Gasteiger partial charge in [-0.25, -0.2) is 4.39 Å². The molecule has 0 aromatic heterocycles. The number of rotatable bonds is 4. The summed E-state index contributed by atoms with van der Waals surface area (Å²) in [6.45, 7) is 1.83. The minimum Gasteiger partial charge on any atom is -0.497 e. The Labute approximate surface area is 99.2 Å². The Balaban J connectivity index is 2.34. The second kappa shape index (κ2) is 4.02. The van der Waals surface area contributed by atoms with E-state index in [-0.39, 0.29) is 11.7 Å². The summed E-state index contributed by atoms with van der Waals surface area (Å²) < 4.78 is 18.7. The van der Waals surface area contributed by atoms with Crippen LogP contribution in [0.15, 0.2) is 18.2 Å². The van der Waals surface area contributed by atoms with Gasteiger partial charge < -0.3 is 9.84 Å². The molecular formula is C13H15FO3. The number of aliphatic carboxylic acids is 1. The second-order valence-corrected chi connectivity index (χ2v) is 4.46. The first-order chi connectivity index (χ1) is 8.05. The van der Waals surface area contributed by atoms with Crippen LogP contribution in [-0.4, -0.2) is 18.2 Å². The summed E-state index contributed by atoms with van der Waals surface area (Å²) in [5.74, 6) is -0.872. The van der Waals surface area contributed by atoms with Crippen molar-refractivity contribution in [1.29, 1.82) is 0 Å². The van der Waals surface area contributed by atoms with Crippen LogP contribution in [0.2, 0.25) is 0 Å². The van der Waals surface area contributed by atoms with Gasteiger partial charge in [0.1, 0.15) is 11.6 Å². The van der Waals surface area contributed by atoms with E-state index in [4.69, 9.17) is 4.74 Å². The Kier molecular flexibility index (Phi) is 2.81. The molecule has 0 saturated heterocycles. The molecule has 0 amide bonds. The molecule has 1 N–H and O–H groups in total. The molecule has 3 nitrogen and oxygen atoms in total. The third kappa shape index (κ3) is 1.77. The highest BCUT2D eigenvalue weighted by molar-refractivity contribution is 5.80. The number of carboxylic acids is 1. The molecule has 4 heteroatoms. The van der Waals surface area contributed by atoms with E-state index in [2.05, 4.69) is 0 Å². The molecule has 0 bridgehead atoms. The molecule has 17 heavy (non-hydrogen) atoms. The number of halogens is 1. The first kappa shape index (κ1) is 11.9. The second-order valence-electron chi connectivity index (χ2n) is 4.46. The van der Waals surface area contributed by atoms with Gasteiger partial charge in [0.05, 0.1) is 12.5 Å². The number of carbonyl (C=O) groups is 1. The summed E-state index contributed by atoms with van der Waals surface area (Å²) >= 11 is 0. The zero-order chi connectivity index (χ0) is 12.6. The molecule has 0 spiro atoms. The van der Waals surface area contributed by atoms with Crippen molar-refractivity contribution >= 4 is 5.97 Å². The van der Waals surface area contributed by atoms with Crippen molar-refractivity contribution in [2.45, 2.75) is 25.7 Å². The minimum atomic E-state index is -0.841. The van der Waals surface area contributed by atoms with Crippen molar-refractivity contribution in [2.24, 2.45) is 5.41 Å². The van der Waals surface area contributed by atoms with E-state index in [9.17, 15) is 14.3 Å². The first-order valence-corrected chi connectivity index (χ1v) is 5.62. The molecular weight excluding hydrogens is 223 g/mol. The highest BCUT2D eigenvalue weighted by Crippen LogP contribution is 2.62. The third-order valence-corrected chi connectivity index (χ3v) is 3.71. The zero-order valence-electron chi connectivity index (χ0n) is 9.87. The predicted octanol–water partition coefficient (Wildman–Crippen LogP) is 2.80. The standard InChI is InChI=1S/C13H15FO3/c1-3-13(12(15)16)7-10(13)9-6-8(17-2)4-5-11(9)14/h4-6,10H,3,7H2,1-2H3,(H,15,16)/t10-,13+/m0/s1. The maximum atomic E-state index is 13.7. The van der Waals surface area contributed by atoms with Crippen LogP contribution in [-0.2, 0) is 4.79 Å². The van der Waals surface area contributed by atoms with Crippen LogP contribution in [0.3, 0.4) is 0 Å². The molecule has 2 atom stereocenters. The minimum absolute atomic E-state index is 0.236. The molecule has 0 heterocycles. The third-order valence-electron chi connectivity index (χ3n) is 3.71. The van der Waals surface area contributed by atoms with Crippen LogP contribution in [0.4, 0.5) is 4.39 Å². The SMILES string of the molecule is CC[C@@]1(C(=O)O)C[C@H]1c1cc(OC)ccc1F. The van der Waals surface area contributed by atoms with Gasteiger partial charge in [-0.1, -0.05) is 6.92 Å². The molecule has 92 valence electrons. The number of hydrogen-bond donors (Lipinski definition) is 1. The normalized spacial score (nSPS) is 26.6. The molecule has 0 radical (unpaired) electrons. The van der Waals surface area contributed by atoms with E-state index in [1.165, 1.54) is 19.2 Å². The average Bonchev–Trinajstić information content (AvgIpc) is 3.05. The van der Waals surface area contributed by atoms with E-state index in [0.717, 1.165) is 0 Å². The average molecular weight is 238 g/mol. The fourth-order valence-electron chi connectivity index (χ4n) is 2.41. The van der Waals surface area contributed by atoms with Gasteiger partial charge in [0.15, 0.2) is 0 Å². The van der Waals surface area contributed by atoms with Crippen LogP contribution in [0.25, 0.3) is 0 Å². The fraction of sp³-hybridized carbons (Fsp3) is 0.462. The largest absolute Gasteiger partial charge is 0.497 e. The Bertz CT molecular complexity index is 458. The maximum Gasteiger partial charge on any atom is 0.310 e. The number of hydrogen-bond acceptors (Lipinski definition) is 2. The molecule has 1 aromatic carbocycles. The number of methoxy groups -OCH3 is 1. The molecule has 2 rings (SSSR count). The van der Waals surface area contributed by atoms with Crippen molar-refractivity contribution in [3.63, 3.8) is 0 Å². The van der Waals surface area contributed by atoms with Gasteiger partial charge in [-0.05, 0) is 36.6 Å². The summed E-state index contributed by atoms with van der Waals surface area (Å²) in [6.07, 6.45) is 1.02. The van der Waals surface area contributed by atoms with E-state index < -0.39 is 11.4 Å². The van der Waals surface area contributed by atoms with Crippen LogP contribution < -0.4 is 4.74 Å². The smallest absolute Gasteiger partial charge is 0.310 e. The first-order valence-electron chi connectivity index (χ1n) is 5.62. The molecule has 1 aliphatic rings. The lowest BCUT2D eigenvalue weighted by molar-refractivity contribution is -0.143. The molecule has 1 saturated carbocycles. The van der Waals surface area contributed by atoms with E-state index in [0.29, 0.717) is 24.2 Å². The zero-order valence-corrected chi connectivity index (χ0v) is 9.87. The molecule has 1 fully saturated rings. The summed E-state index contributed by atoms with van der Waals surface area (Å²) in [4.78, 5) is 11.2. The van der Waals surface area contributed by atoms with Gasteiger partial charge >= 0.3 is 5.97 Å². The fourth-order valence-corrected chi connectivity index (χ4v) is 2.41. The quantitative estimate of drug-likeness (QED) is 0.877. The molecule has 0 unspecified atom stereocenters. The van der Waals surface area contributed by atoms with E-state index in [1.807, 2.05) is 6.92 Å². The van der Waals surface area contributed by atoms with Gasteiger partial charge in [-0.2, -0.15) is 0 Å². The summed E-state index contributed by atoms with van der Waals surface area (Å²) in [5.41, 5.74) is -0.332. The van der Waals surface area contributed by atoms with E-state index in [1.54, 1.807) is 6.07 Å². The summed E-state index contributed by atoms with van der Waals surface area (Å²) in [5, 5.41) is 9.20. The lowest BCUT2D eigenvalue weighted by Crippen LogP contribution is -2.16. The number of carboxylic acid groups (broad SMARTS) is 1. The van der Waals surface area contributed by atoms with Gasteiger partial charge in [-0.3, -0.25) is 4.79 Å². The number of benzene rings is 1. The topological polar surface area (TPSA) is 46.5 Å².